The van der Waals surface area contributed by atoms with Crippen LogP contribution >= 0.6 is 0 Å². The molecule has 1 heterocycles. The fourth-order valence-electron chi connectivity index (χ4n) is 4.05. The van der Waals surface area contributed by atoms with E-state index in [0.717, 1.165) is 11.1 Å². The summed E-state index contributed by atoms with van der Waals surface area (Å²) < 4.78 is 11.9. The number of rotatable bonds is 4. The molecule has 152 valence electrons. The van der Waals surface area contributed by atoms with E-state index in [9.17, 15) is 10.1 Å². The van der Waals surface area contributed by atoms with E-state index in [0.29, 0.717) is 36.5 Å². The van der Waals surface area contributed by atoms with Crippen molar-refractivity contribution in [2.24, 2.45) is 11.1 Å². The van der Waals surface area contributed by atoms with Crippen molar-refractivity contribution in [1.82, 2.24) is 0 Å². The normalized spacial score (nSPS) is 20.3. The van der Waals surface area contributed by atoms with Crippen molar-refractivity contribution >= 4 is 5.78 Å². The average molecular weight is 400 g/mol. The second kappa shape index (κ2) is 7.72. The molecule has 1 aliphatic heterocycles. The minimum absolute atomic E-state index is 0.00753. The zero-order valence-corrected chi connectivity index (χ0v) is 17.1. The fraction of sp³-hybridized carbons (Fsp3) is 0.280. The molecule has 0 radical (unpaired) electrons. The van der Waals surface area contributed by atoms with Gasteiger partial charge in [-0.2, -0.15) is 5.26 Å². The second-order valence-corrected chi connectivity index (χ2v) is 8.29. The Kier molecular flexibility index (Phi) is 5.09. The van der Waals surface area contributed by atoms with Gasteiger partial charge in [-0.15, -0.1) is 0 Å². The number of hydrogen-bond acceptors (Lipinski definition) is 5. The topological polar surface area (TPSA) is 85.3 Å². The number of hydrogen-bond donors (Lipinski definition) is 1. The Hall–Kier alpha value is -3.52. The highest BCUT2D eigenvalue weighted by atomic mass is 16.5. The van der Waals surface area contributed by atoms with Gasteiger partial charge in [0.05, 0.1) is 5.92 Å². The fourth-order valence-corrected chi connectivity index (χ4v) is 4.05. The molecule has 5 nitrogen and oxygen atoms in total. The molecule has 2 aromatic carbocycles. The number of ketones is 1. The Labute approximate surface area is 176 Å². The Morgan fingerprint density at radius 1 is 1.17 bits per heavy atom. The molecule has 0 amide bonds. The van der Waals surface area contributed by atoms with Crippen LogP contribution in [0.1, 0.15) is 43.7 Å². The van der Waals surface area contributed by atoms with E-state index in [2.05, 4.69) is 6.07 Å². The van der Waals surface area contributed by atoms with E-state index >= 15 is 0 Å². The molecule has 2 aromatic rings. The number of benzene rings is 2. The maximum Gasteiger partial charge on any atom is 0.205 e. The lowest BCUT2D eigenvalue weighted by Crippen LogP contribution is -2.36. The molecule has 0 spiro atoms. The monoisotopic (exact) mass is 400 g/mol. The molecule has 5 heteroatoms. The zero-order valence-electron chi connectivity index (χ0n) is 17.1. The molecule has 0 aromatic heterocycles. The highest BCUT2D eigenvalue weighted by Gasteiger charge is 2.45. The van der Waals surface area contributed by atoms with Crippen LogP contribution in [0.25, 0.3) is 0 Å². The number of allylic oxidation sites excluding steroid dienone is 3. The van der Waals surface area contributed by atoms with Gasteiger partial charge in [0, 0.05) is 23.0 Å². The Bertz CT molecular complexity index is 1090. The number of ether oxygens (including phenoxy) is 2. The van der Waals surface area contributed by atoms with Gasteiger partial charge < -0.3 is 15.2 Å². The van der Waals surface area contributed by atoms with Crippen molar-refractivity contribution < 1.29 is 14.3 Å². The molecule has 4 rings (SSSR count). The first kappa shape index (κ1) is 19.8. The van der Waals surface area contributed by atoms with Crippen LogP contribution in [0, 0.1) is 16.7 Å². The van der Waals surface area contributed by atoms with Gasteiger partial charge in [0.25, 0.3) is 0 Å². The molecule has 0 saturated carbocycles. The number of nitriles is 1. The van der Waals surface area contributed by atoms with Crippen LogP contribution in [0.5, 0.6) is 5.75 Å². The van der Waals surface area contributed by atoms with Crippen LogP contribution in [-0.2, 0) is 16.1 Å². The Morgan fingerprint density at radius 3 is 2.60 bits per heavy atom. The number of nitrogens with two attached hydrogens (primary N) is 1. The van der Waals surface area contributed by atoms with Crippen molar-refractivity contribution in [3.8, 4) is 11.8 Å². The maximum absolute atomic E-state index is 13.4. The SMILES string of the molecule is CC1(C)CCC2=C(C1=O)[C@@H](c1ccccc1OCc1ccccc1)C(C#N)=C(N)O2. The summed E-state index contributed by atoms with van der Waals surface area (Å²) in [5.74, 6) is 0.645. The summed E-state index contributed by atoms with van der Waals surface area (Å²) in [5, 5.41) is 9.86. The van der Waals surface area contributed by atoms with Crippen LogP contribution < -0.4 is 10.5 Å². The van der Waals surface area contributed by atoms with Gasteiger partial charge in [-0.05, 0) is 18.1 Å². The number of Topliss-reactive ketones (excluding diaryl/α,β-unsaturated/α-hetero) is 1. The lowest BCUT2D eigenvalue weighted by atomic mass is 9.68. The highest BCUT2D eigenvalue weighted by molar-refractivity contribution is 6.03. The standard InChI is InChI=1S/C25H24N2O3/c1-25(2)13-12-20-22(23(25)28)21(18(14-26)24(27)30-20)17-10-6-7-11-19(17)29-15-16-8-4-3-5-9-16/h3-11,21H,12-13,15,27H2,1-2H3/t21-/m0/s1. The van der Waals surface area contributed by atoms with Gasteiger partial charge in [0.15, 0.2) is 5.78 Å². The van der Waals surface area contributed by atoms with Gasteiger partial charge in [-0.3, -0.25) is 4.79 Å². The average Bonchev–Trinajstić information content (AvgIpc) is 2.75. The summed E-state index contributed by atoms with van der Waals surface area (Å²) in [5.41, 5.74) is 8.12. The van der Waals surface area contributed by atoms with Crippen molar-refractivity contribution in [1.29, 1.82) is 5.26 Å². The summed E-state index contributed by atoms with van der Waals surface area (Å²) in [6.07, 6.45) is 1.29. The molecule has 2 N–H and O–H groups in total. The third kappa shape index (κ3) is 3.46. The van der Waals surface area contributed by atoms with Crippen LogP contribution in [0.4, 0.5) is 0 Å². The summed E-state index contributed by atoms with van der Waals surface area (Å²) >= 11 is 0. The molecule has 2 aliphatic rings. The lowest BCUT2D eigenvalue weighted by molar-refractivity contribution is -0.125. The molecule has 1 aliphatic carbocycles. The van der Waals surface area contributed by atoms with Crippen molar-refractivity contribution in [3.63, 3.8) is 0 Å². The van der Waals surface area contributed by atoms with Crippen LogP contribution in [0.2, 0.25) is 0 Å². The van der Waals surface area contributed by atoms with Crippen molar-refractivity contribution in [3.05, 3.63) is 88.5 Å². The molecule has 0 fully saturated rings. The molecule has 1 atom stereocenters. The molecular formula is C25H24N2O3. The van der Waals surface area contributed by atoms with Gasteiger partial charge in [-0.25, -0.2) is 0 Å². The first-order chi connectivity index (χ1) is 14.4. The van der Waals surface area contributed by atoms with Crippen LogP contribution in [-0.4, -0.2) is 5.78 Å². The van der Waals surface area contributed by atoms with E-state index in [-0.39, 0.29) is 17.2 Å². The van der Waals surface area contributed by atoms with E-state index in [1.165, 1.54) is 0 Å². The first-order valence-corrected chi connectivity index (χ1v) is 10.0. The molecule has 0 unspecified atom stereocenters. The number of carbonyl (C=O) groups excluding carboxylic acids is 1. The zero-order chi connectivity index (χ0) is 21.3. The van der Waals surface area contributed by atoms with Crippen molar-refractivity contribution in [2.75, 3.05) is 0 Å². The molecule has 30 heavy (non-hydrogen) atoms. The predicted octanol–water partition coefficient (Wildman–Crippen LogP) is 4.72. The molecule has 0 saturated heterocycles. The minimum atomic E-state index is -0.599. The Balaban J connectivity index is 1.79. The largest absolute Gasteiger partial charge is 0.489 e. The van der Waals surface area contributed by atoms with Gasteiger partial charge in [-0.1, -0.05) is 62.4 Å². The number of para-hydroxylation sites is 1. The summed E-state index contributed by atoms with van der Waals surface area (Å²) in [6, 6.07) is 19.5. The highest BCUT2D eigenvalue weighted by Crippen LogP contribution is 2.49. The second-order valence-electron chi connectivity index (χ2n) is 8.29. The predicted molar refractivity (Wildman–Crippen MR) is 113 cm³/mol. The molecular weight excluding hydrogens is 376 g/mol. The number of carbonyl (C=O) groups is 1. The van der Waals surface area contributed by atoms with Gasteiger partial charge >= 0.3 is 0 Å². The van der Waals surface area contributed by atoms with E-state index in [1.54, 1.807) is 0 Å². The lowest BCUT2D eigenvalue weighted by Gasteiger charge is -2.37. The quantitative estimate of drug-likeness (QED) is 0.803. The molecule has 0 bridgehead atoms. The third-order valence-corrected chi connectivity index (χ3v) is 5.80. The van der Waals surface area contributed by atoms with E-state index in [1.807, 2.05) is 68.4 Å². The summed E-state index contributed by atoms with van der Waals surface area (Å²) in [6.45, 7) is 4.25. The minimum Gasteiger partial charge on any atom is -0.489 e. The van der Waals surface area contributed by atoms with Crippen LogP contribution in [0.15, 0.2) is 77.4 Å². The maximum atomic E-state index is 13.4. The van der Waals surface area contributed by atoms with E-state index < -0.39 is 11.3 Å². The van der Waals surface area contributed by atoms with Crippen molar-refractivity contribution in [2.45, 2.75) is 39.2 Å². The van der Waals surface area contributed by atoms with Crippen LogP contribution in [0.3, 0.4) is 0 Å². The Morgan fingerprint density at radius 2 is 1.87 bits per heavy atom. The number of nitrogens with zero attached hydrogens (tertiary/aromatic N) is 1. The third-order valence-electron chi connectivity index (χ3n) is 5.80. The van der Waals surface area contributed by atoms with Gasteiger partial charge in [0.1, 0.15) is 29.8 Å². The van der Waals surface area contributed by atoms with Gasteiger partial charge in [0.2, 0.25) is 5.88 Å². The smallest absolute Gasteiger partial charge is 0.205 e. The first-order valence-electron chi connectivity index (χ1n) is 10.0. The van der Waals surface area contributed by atoms with E-state index in [4.69, 9.17) is 15.2 Å². The summed E-state index contributed by atoms with van der Waals surface area (Å²) in [7, 11) is 0. The summed E-state index contributed by atoms with van der Waals surface area (Å²) in [4.78, 5) is 13.4.